The van der Waals surface area contributed by atoms with Gasteiger partial charge in [0, 0.05) is 61.1 Å². The molecule has 0 bridgehead atoms. The van der Waals surface area contributed by atoms with Gasteiger partial charge in [-0.2, -0.15) is 5.10 Å². The Bertz CT molecular complexity index is 1650. The van der Waals surface area contributed by atoms with Gasteiger partial charge < -0.3 is 15.2 Å². The molecular weight excluding hydrogens is 488 g/mol. The minimum atomic E-state index is -2.71. The summed E-state index contributed by atoms with van der Waals surface area (Å²) in [6.45, 7) is 0.848. The molecule has 0 spiro atoms. The molecule has 1 fully saturated rings. The second kappa shape index (κ2) is 8.47. The lowest BCUT2D eigenvalue weighted by Gasteiger charge is -2.36. The van der Waals surface area contributed by atoms with Gasteiger partial charge in [-0.05, 0) is 41.0 Å². The van der Waals surface area contributed by atoms with Crippen LogP contribution in [0, 0.1) is 5.92 Å². The summed E-state index contributed by atoms with van der Waals surface area (Å²) in [5, 5.41) is 10.2. The molecule has 38 heavy (non-hydrogen) atoms. The Morgan fingerprint density at radius 1 is 0.974 bits per heavy atom. The Labute approximate surface area is 216 Å². The van der Waals surface area contributed by atoms with Crippen molar-refractivity contribution in [3.63, 3.8) is 0 Å². The van der Waals surface area contributed by atoms with Crippen molar-refractivity contribution in [2.24, 2.45) is 5.92 Å². The van der Waals surface area contributed by atoms with E-state index < -0.39 is 11.8 Å². The molecule has 0 saturated heterocycles. The van der Waals surface area contributed by atoms with Crippen molar-refractivity contribution in [1.29, 1.82) is 0 Å². The molecule has 1 aliphatic heterocycles. The third-order valence-corrected chi connectivity index (χ3v) is 7.32. The van der Waals surface area contributed by atoms with Crippen LogP contribution < -0.4 is 5.32 Å². The van der Waals surface area contributed by atoms with Gasteiger partial charge in [-0.25, -0.2) is 18.7 Å². The van der Waals surface area contributed by atoms with E-state index in [1.54, 1.807) is 11.1 Å². The number of nitrogens with zero attached hydrogens (tertiary/aromatic N) is 4. The maximum atomic E-state index is 13.3. The van der Waals surface area contributed by atoms with Crippen LogP contribution in [-0.2, 0) is 17.9 Å². The third-order valence-electron chi connectivity index (χ3n) is 7.32. The van der Waals surface area contributed by atoms with Gasteiger partial charge in [-0.15, -0.1) is 0 Å². The predicted molar refractivity (Wildman–Crippen MR) is 139 cm³/mol. The molecule has 8 nitrogen and oxygen atoms in total. The smallest absolute Gasteiger partial charge is 0.249 e. The summed E-state index contributed by atoms with van der Waals surface area (Å²) in [4.78, 5) is 27.2. The lowest BCUT2D eigenvalue weighted by atomic mass is 9.80. The van der Waals surface area contributed by atoms with Crippen LogP contribution in [0.15, 0.2) is 67.1 Å². The van der Waals surface area contributed by atoms with Crippen LogP contribution in [0.5, 0.6) is 0 Å². The van der Waals surface area contributed by atoms with Gasteiger partial charge in [-0.3, -0.25) is 9.89 Å². The quantitative estimate of drug-likeness (QED) is 0.283. The average Bonchev–Trinajstić information content (AvgIpc) is 3.67. The number of aromatic nitrogens is 5. The molecule has 5 aromatic rings. The van der Waals surface area contributed by atoms with Crippen molar-refractivity contribution in [1.82, 2.24) is 30.0 Å². The fourth-order valence-corrected chi connectivity index (χ4v) is 5.24. The second-order valence-electron chi connectivity index (χ2n) is 9.96. The lowest BCUT2D eigenvalue weighted by Crippen LogP contribution is -2.45. The first kappa shape index (κ1) is 22.6. The van der Waals surface area contributed by atoms with Crippen LogP contribution in [0.3, 0.4) is 0 Å². The third kappa shape index (κ3) is 3.98. The number of halogens is 2. The number of rotatable bonds is 5. The maximum absolute atomic E-state index is 13.3. The summed E-state index contributed by atoms with van der Waals surface area (Å²) in [5.74, 6) is -2.28. The minimum Gasteiger partial charge on any atom is -0.357 e. The summed E-state index contributed by atoms with van der Waals surface area (Å²) < 4.78 is 26.6. The van der Waals surface area contributed by atoms with Crippen LogP contribution in [0.4, 0.5) is 20.3 Å². The highest BCUT2D eigenvalue weighted by Gasteiger charge is 2.50. The topological polar surface area (TPSA) is 103 Å². The highest BCUT2D eigenvalue weighted by molar-refractivity contribution is 5.89. The number of alkyl halides is 2. The van der Waals surface area contributed by atoms with Crippen molar-refractivity contribution in [3.05, 3.63) is 78.2 Å². The predicted octanol–water partition coefficient (Wildman–Crippen LogP) is 5.65. The van der Waals surface area contributed by atoms with E-state index >= 15 is 0 Å². The van der Waals surface area contributed by atoms with Crippen molar-refractivity contribution < 1.29 is 13.6 Å². The zero-order valence-corrected chi connectivity index (χ0v) is 20.2. The fourth-order valence-electron chi connectivity index (χ4n) is 5.24. The number of carbonyl (C=O) groups is 1. The Kier molecular flexibility index (Phi) is 5.04. The average molecular weight is 512 g/mol. The Hall–Kier alpha value is -4.60. The number of fused-ring (bicyclic) bond motifs is 2. The van der Waals surface area contributed by atoms with E-state index in [0.29, 0.717) is 24.7 Å². The van der Waals surface area contributed by atoms with Gasteiger partial charge in [0.2, 0.25) is 11.8 Å². The molecule has 0 unspecified atom stereocenters. The van der Waals surface area contributed by atoms with Crippen LogP contribution in [0.25, 0.3) is 33.5 Å². The number of aromatic amines is 2. The van der Waals surface area contributed by atoms with Crippen LogP contribution in [-0.4, -0.2) is 41.9 Å². The Balaban J connectivity index is 1.14. The highest BCUT2D eigenvalue weighted by Crippen LogP contribution is 2.44. The molecule has 2 aliphatic rings. The SMILES string of the molecule is O=C(C1CC(F)(F)C1)N1Cc2ccc(-c3nc(Nc4ccc(-c5cn[nH]c5)cc4)c4[nH]ccc4n3)cc2C1. The van der Waals surface area contributed by atoms with E-state index in [1.807, 2.05) is 60.9 Å². The molecule has 3 aromatic heterocycles. The van der Waals surface area contributed by atoms with Crippen LogP contribution in [0.2, 0.25) is 0 Å². The van der Waals surface area contributed by atoms with Crippen molar-refractivity contribution >= 4 is 28.4 Å². The second-order valence-corrected chi connectivity index (χ2v) is 9.96. The molecule has 10 heteroatoms. The number of hydrogen-bond donors (Lipinski definition) is 3. The number of hydrogen-bond acceptors (Lipinski definition) is 5. The van der Waals surface area contributed by atoms with E-state index in [2.05, 4.69) is 20.5 Å². The zero-order chi connectivity index (χ0) is 25.9. The van der Waals surface area contributed by atoms with E-state index in [9.17, 15) is 13.6 Å². The molecule has 1 aliphatic carbocycles. The van der Waals surface area contributed by atoms with Gasteiger partial charge in [-0.1, -0.05) is 24.3 Å². The number of carbonyl (C=O) groups excluding carboxylic acids is 1. The summed E-state index contributed by atoms with van der Waals surface area (Å²) in [6, 6.07) is 15.8. The van der Waals surface area contributed by atoms with Gasteiger partial charge in [0.1, 0.15) is 5.52 Å². The first-order valence-electron chi connectivity index (χ1n) is 12.4. The summed E-state index contributed by atoms with van der Waals surface area (Å²) in [7, 11) is 0. The van der Waals surface area contributed by atoms with Gasteiger partial charge in [0.05, 0.1) is 11.7 Å². The van der Waals surface area contributed by atoms with Crippen molar-refractivity contribution in [3.8, 4) is 22.5 Å². The first-order chi connectivity index (χ1) is 18.4. The zero-order valence-electron chi connectivity index (χ0n) is 20.2. The van der Waals surface area contributed by atoms with E-state index in [-0.39, 0.29) is 18.7 Å². The molecule has 4 heterocycles. The summed E-state index contributed by atoms with van der Waals surface area (Å²) >= 11 is 0. The monoisotopic (exact) mass is 511 g/mol. The number of nitrogens with one attached hydrogen (secondary N) is 3. The van der Waals surface area contributed by atoms with Gasteiger partial charge in [0.15, 0.2) is 11.6 Å². The molecule has 190 valence electrons. The van der Waals surface area contributed by atoms with E-state index in [1.165, 1.54) is 0 Å². The normalized spacial score (nSPS) is 16.4. The van der Waals surface area contributed by atoms with Crippen LogP contribution in [0.1, 0.15) is 24.0 Å². The number of amides is 1. The standard InChI is InChI=1S/C28H23F2N7O/c29-28(30)10-20(11-28)27(38)37-14-18-2-1-17(9-19(18)15-37)25-35-23-7-8-31-24(23)26(36-25)34-22-5-3-16(4-6-22)21-12-32-33-13-21/h1-9,12-13,20,31H,10-11,14-15H2,(H,32,33)(H,34,35,36). The number of H-pyrrole nitrogens is 2. The van der Waals surface area contributed by atoms with Gasteiger partial charge >= 0.3 is 0 Å². The van der Waals surface area contributed by atoms with Crippen molar-refractivity contribution in [2.45, 2.75) is 31.9 Å². The minimum absolute atomic E-state index is 0.191. The van der Waals surface area contributed by atoms with Gasteiger partial charge in [0.25, 0.3) is 0 Å². The molecule has 0 atom stereocenters. The lowest BCUT2D eigenvalue weighted by molar-refractivity contribution is -0.160. The van der Waals surface area contributed by atoms with E-state index in [4.69, 9.17) is 9.97 Å². The molecular formula is C28H23F2N7O. The molecule has 3 N–H and O–H groups in total. The Morgan fingerprint density at radius 3 is 2.53 bits per heavy atom. The summed E-state index contributed by atoms with van der Waals surface area (Å²) in [6.07, 6.45) is 4.75. The van der Waals surface area contributed by atoms with Crippen molar-refractivity contribution in [2.75, 3.05) is 5.32 Å². The maximum Gasteiger partial charge on any atom is 0.249 e. The molecule has 7 rings (SSSR count). The molecule has 0 radical (unpaired) electrons. The Morgan fingerprint density at radius 2 is 1.76 bits per heavy atom. The van der Waals surface area contributed by atoms with Crippen LogP contribution >= 0.6 is 0 Å². The highest BCUT2D eigenvalue weighted by atomic mass is 19.3. The molecule has 1 amide bonds. The summed E-state index contributed by atoms with van der Waals surface area (Å²) in [5.41, 5.74) is 7.34. The first-order valence-corrected chi connectivity index (χ1v) is 12.4. The fraction of sp³-hybridized carbons (Fsp3) is 0.214. The van der Waals surface area contributed by atoms with E-state index in [0.717, 1.165) is 44.5 Å². The number of anilines is 2. The largest absolute Gasteiger partial charge is 0.357 e. The molecule has 2 aromatic carbocycles. The number of benzene rings is 2. The molecule has 1 saturated carbocycles.